The Balaban J connectivity index is 1.98. The Labute approximate surface area is 128 Å². The van der Waals surface area contributed by atoms with Crippen LogP contribution in [0, 0.1) is 0 Å². The van der Waals surface area contributed by atoms with Gasteiger partial charge in [0.25, 0.3) is 0 Å². The van der Waals surface area contributed by atoms with Crippen molar-refractivity contribution in [2.24, 2.45) is 0 Å². The monoisotopic (exact) mass is 299 g/mol. The van der Waals surface area contributed by atoms with E-state index < -0.39 is 12.0 Å². The van der Waals surface area contributed by atoms with Gasteiger partial charge in [-0.25, -0.2) is 9.78 Å². The number of amides is 1. The Morgan fingerprint density at radius 3 is 2.77 bits per heavy atom. The van der Waals surface area contributed by atoms with Crippen LogP contribution in [0.2, 0.25) is 0 Å². The number of hydrogen-bond donors (Lipinski definition) is 2. The third-order valence-electron chi connectivity index (χ3n) is 3.01. The van der Waals surface area contributed by atoms with E-state index in [1.54, 1.807) is 12.3 Å². The van der Waals surface area contributed by atoms with Gasteiger partial charge >= 0.3 is 5.97 Å². The molecule has 1 aromatic heterocycles. The summed E-state index contributed by atoms with van der Waals surface area (Å²) in [5, 5.41) is 2.63. The van der Waals surface area contributed by atoms with Crippen molar-refractivity contribution < 1.29 is 14.3 Å². The molecule has 2 rings (SSSR count). The number of aromatic amines is 1. The van der Waals surface area contributed by atoms with Gasteiger partial charge in [0.15, 0.2) is 0 Å². The van der Waals surface area contributed by atoms with E-state index in [2.05, 4.69) is 15.3 Å². The Hall–Kier alpha value is -2.89. The van der Waals surface area contributed by atoms with Crippen LogP contribution in [0.3, 0.4) is 0 Å². The molecule has 1 atom stereocenters. The van der Waals surface area contributed by atoms with Gasteiger partial charge in [0, 0.05) is 24.4 Å². The molecule has 1 amide bonds. The third-order valence-corrected chi connectivity index (χ3v) is 3.01. The molecule has 1 aromatic carbocycles. The van der Waals surface area contributed by atoms with Crippen molar-refractivity contribution in [1.29, 1.82) is 0 Å². The number of aromatic nitrogens is 2. The number of nitrogens with zero attached hydrogens (tertiary/aromatic N) is 1. The summed E-state index contributed by atoms with van der Waals surface area (Å²) in [4.78, 5) is 30.5. The molecule has 2 N–H and O–H groups in total. The standard InChI is InChI=1S/C16H17N3O3/c1-22-16(21)14(9-13-10-17-11-18-13)19-15(20)8-7-12-5-3-2-4-6-12/h2-8,10-11,14H,9H2,1H3,(H,17,18)(H,19,20)/b8-7+. The van der Waals surface area contributed by atoms with Crippen molar-refractivity contribution in [3.63, 3.8) is 0 Å². The van der Waals surface area contributed by atoms with E-state index in [0.29, 0.717) is 0 Å². The first-order valence-electron chi connectivity index (χ1n) is 6.77. The summed E-state index contributed by atoms with van der Waals surface area (Å²) in [6, 6.07) is 8.66. The molecule has 6 nitrogen and oxygen atoms in total. The van der Waals surface area contributed by atoms with Gasteiger partial charge < -0.3 is 15.0 Å². The van der Waals surface area contributed by atoms with Gasteiger partial charge in [0.05, 0.1) is 13.4 Å². The number of H-pyrrole nitrogens is 1. The zero-order valence-electron chi connectivity index (χ0n) is 12.2. The molecule has 0 aliphatic heterocycles. The molecule has 0 saturated heterocycles. The van der Waals surface area contributed by atoms with E-state index in [-0.39, 0.29) is 12.3 Å². The fourth-order valence-electron chi connectivity index (χ4n) is 1.91. The highest BCUT2D eigenvalue weighted by atomic mass is 16.5. The second kappa shape index (κ2) is 7.78. The number of hydrogen-bond acceptors (Lipinski definition) is 4. The van der Waals surface area contributed by atoms with Gasteiger partial charge in [-0.15, -0.1) is 0 Å². The molecule has 1 unspecified atom stereocenters. The van der Waals surface area contributed by atoms with Crippen LogP contribution >= 0.6 is 0 Å². The van der Waals surface area contributed by atoms with Gasteiger partial charge in [-0.2, -0.15) is 0 Å². The fraction of sp³-hybridized carbons (Fsp3) is 0.188. The molecular weight excluding hydrogens is 282 g/mol. The average Bonchev–Trinajstić information content (AvgIpc) is 3.05. The van der Waals surface area contributed by atoms with Gasteiger partial charge in [-0.1, -0.05) is 30.3 Å². The fourth-order valence-corrected chi connectivity index (χ4v) is 1.91. The van der Waals surface area contributed by atoms with Crippen LogP contribution < -0.4 is 5.32 Å². The first kappa shape index (κ1) is 15.5. The van der Waals surface area contributed by atoms with E-state index in [9.17, 15) is 9.59 Å². The van der Waals surface area contributed by atoms with Gasteiger partial charge in [0.2, 0.25) is 5.91 Å². The largest absolute Gasteiger partial charge is 0.467 e. The number of benzene rings is 1. The second-order valence-corrected chi connectivity index (χ2v) is 4.61. The smallest absolute Gasteiger partial charge is 0.328 e. The summed E-state index contributed by atoms with van der Waals surface area (Å²) < 4.78 is 4.71. The van der Waals surface area contributed by atoms with Crippen LogP contribution in [0.1, 0.15) is 11.3 Å². The van der Waals surface area contributed by atoms with Crippen LogP contribution in [0.5, 0.6) is 0 Å². The van der Waals surface area contributed by atoms with E-state index in [1.807, 2.05) is 30.3 Å². The van der Waals surface area contributed by atoms with Crippen LogP contribution in [0.15, 0.2) is 48.9 Å². The number of methoxy groups -OCH3 is 1. The SMILES string of the molecule is COC(=O)C(Cc1cnc[nH]1)NC(=O)/C=C/c1ccccc1. The van der Waals surface area contributed by atoms with Gasteiger partial charge in [-0.3, -0.25) is 4.79 Å². The topological polar surface area (TPSA) is 84.1 Å². The van der Waals surface area contributed by atoms with Crippen LogP contribution in [0.4, 0.5) is 0 Å². The lowest BCUT2D eigenvalue weighted by Gasteiger charge is -2.14. The predicted octanol–water partition coefficient (Wildman–Crippen LogP) is 1.32. The lowest BCUT2D eigenvalue weighted by atomic mass is 10.1. The summed E-state index contributed by atoms with van der Waals surface area (Å²) in [7, 11) is 1.29. The van der Waals surface area contributed by atoms with Crippen molar-refractivity contribution in [2.75, 3.05) is 7.11 Å². The van der Waals surface area contributed by atoms with E-state index >= 15 is 0 Å². The zero-order valence-corrected chi connectivity index (χ0v) is 12.2. The van der Waals surface area contributed by atoms with Crippen molar-refractivity contribution >= 4 is 18.0 Å². The van der Waals surface area contributed by atoms with Crippen molar-refractivity contribution in [2.45, 2.75) is 12.5 Å². The summed E-state index contributed by atoms with van der Waals surface area (Å²) in [5.74, 6) is -0.866. The van der Waals surface area contributed by atoms with E-state index in [4.69, 9.17) is 4.74 Å². The number of carbonyl (C=O) groups is 2. The summed E-state index contributed by atoms with van der Waals surface area (Å²) in [6.07, 6.45) is 6.47. The first-order valence-corrected chi connectivity index (χ1v) is 6.77. The number of ether oxygens (including phenoxy) is 1. The minimum atomic E-state index is -0.765. The molecule has 0 spiro atoms. The maximum absolute atomic E-state index is 11.9. The summed E-state index contributed by atoms with van der Waals surface area (Å²) in [6.45, 7) is 0. The van der Waals surface area contributed by atoms with Crippen LogP contribution in [0.25, 0.3) is 6.08 Å². The molecule has 1 heterocycles. The third kappa shape index (κ3) is 4.59. The molecule has 0 saturated carbocycles. The van der Waals surface area contributed by atoms with Crippen molar-refractivity contribution in [3.05, 3.63) is 60.2 Å². The quantitative estimate of drug-likeness (QED) is 0.622. The lowest BCUT2D eigenvalue weighted by molar-refractivity contribution is -0.144. The Bertz CT molecular complexity index is 636. The molecule has 6 heteroatoms. The van der Waals surface area contributed by atoms with Crippen molar-refractivity contribution in [1.82, 2.24) is 15.3 Å². The molecule has 2 aromatic rings. The molecule has 0 aliphatic rings. The molecule has 0 fully saturated rings. The highest BCUT2D eigenvalue weighted by Crippen LogP contribution is 2.03. The Morgan fingerprint density at radius 2 is 2.14 bits per heavy atom. The normalized spacial score (nSPS) is 12.0. The molecule has 22 heavy (non-hydrogen) atoms. The highest BCUT2D eigenvalue weighted by Gasteiger charge is 2.21. The number of carbonyl (C=O) groups excluding carboxylic acids is 2. The number of imidazole rings is 1. The highest BCUT2D eigenvalue weighted by molar-refractivity contribution is 5.94. The number of nitrogens with one attached hydrogen (secondary N) is 2. The lowest BCUT2D eigenvalue weighted by Crippen LogP contribution is -2.42. The molecule has 114 valence electrons. The average molecular weight is 299 g/mol. The zero-order chi connectivity index (χ0) is 15.8. The van der Waals surface area contributed by atoms with Crippen LogP contribution in [-0.2, 0) is 20.7 Å². The first-order chi connectivity index (χ1) is 10.7. The van der Waals surface area contributed by atoms with E-state index in [1.165, 1.54) is 19.5 Å². The number of esters is 1. The summed E-state index contributed by atoms with van der Waals surface area (Å²) >= 11 is 0. The van der Waals surface area contributed by atoms with Gasteiger partial charge in [-0.05, 0) is 11.6 Å². The summed E-state index contributed by atoms with van der Waals surface area (Å²) in [5.41, 5.74) is 1.64. The second-order valence-electron chi connectivity index (χ2n) is 4.61. The number of rotatable bonds is 6. The predicted molar refractivity (Wildman–Crippen MR) is 81.7 cm³/mol. The minimum Gasteiger partial charge on any atom is -0.467 e. The maximum atomic E-state index is 11.9. The maximum Gasteiger partial charge on any atom is 0.328 e. The molecule has 0 aliphatic carbocycles. The minimum absolute atomic E-state index is 0.289. The Kier molecular flexibility index (Phi) is 5.48. The molecular formula is C16H17N3O3. The Morgan fingerprint density at radius 1 is 1.36 bits per heavy atom. The molecule has 0 bridgehead atoms. The van der Waals surface area contributed by atoms with Crippen molar-refractivity contribution in [3.8, 4) is 0 Å². The van der Waals surface area contributed by atoms with Crippen LogP contribution in [-0.4, -0.2) is 35.0 Å². The molecule has 0 radical (unpaired) electrons. The van der Waals surface area contributed by atoms with Gasteiger partial charge in [0.1, 0.15) is 6.04 Å². The van der Waals surface area contributed by atoms with E-state index in [0.717, 1.165) is 11.3 Å².